The van der Waals surface area contributed by atoms with E-state index in [4.69, 9.17) is 10.5 Å². The summed E-state index contributed by atoms with van der Waals surface area (Å²) in [5.41, 5.74) is 5.25. The number of nitrogens with zero attached hydrogens (tertiary/aromatic N) is 2. The van der Waals surface area contributed by atoms with E-state index in [-0.39, 0.29) is 5.60 Å². The molecule has 13 heavy (non-hydrogen) atoms. The number of nitrogen functional groups attached to an aromatic ring is 1. The van der Waals surface area contributed by atoms with E-state index in [9.17, 15) is 0 Å². The summed E-state index contributed by atoms with van der Waals surface area (Å²) in [6, 6.07) is 1.97. The Balaban J connectivity index is 2.74. The summed E-state index contributed by atoms with van der Waals surface area (Å²) >= 11 is 0. The molecular formula is C9H15N3O. The van der Waals surface area contributed by atoms with Gasteiger partial charge in [0.05, 0.1) is 0 Å². The van der Waals surface area contributed by atoms with Crippen molar-refractivity contribution in [2.75, 3.05) is 5.73 Å². The van der Waals surface area contributed by atoms with Crippen molar-refractivity contribution < 1.29 is 4.74 Å². The number of anilines is 1. The average molecular weight is 181 g/mol. The first-order valence-corrected chi connectivity index (χ1v) is 4.31. The van der Waals surface area contributed by atoms with Crippen LogP contribution in [0, 0.1) is 0 Å². The van der Waals surface area contributed by atoms with Crippen molar-refractivity contribution in [1.82, 2.24) is 9.97 Å². The van der Waals surface area contributed by atoms with Gasteiger partial charge in [0.1, 0.15) is 11.4 Å². The third-order valence-corrected chi connectivity index (χ3v) is 1.87. The zero-order valence-corrected chi connectivity index (χ0v) is 8.24. The standard InChI is InChI=1S/C9H15N3O/c1-4-9(2,3)13-8-11-6-5-7(10)12-8/h5-6H,4H2,1-3H3,(H2,10,11,12). The Morgan fingerprint density at radius 1 is 1.54 bits per heavy atom. The molecule has 2 N–H and O–H groups in total. The number of aromatic nitrogens is 2. The summed E-state index contributed by atoms with van der Waals surface area (Å²) in [6.07, 6.45) is 2.48. The van der Waals surface area contributed by atoms with Crippen LogP contribution in [-0.2, 0) is 0 Å². The van der Waals surface area contributed by atoms with Gasteiger partial charge in [0, 0.05) is 6.20 Å². The molecule has 0 aliphatic carbocycles. The minimum absolute atomic E-state index is 0.242. The van der Waals surface area contributed by atoms with Crippen LogP contribution in [0.4, 0.5) is 5.82 Å². The lowest BCUT2D eigenvalue weighted by Crippen LogP contribution is -2.27. The molecule has 0 saturated carbocycles. The van der Waals surface area contributed by atoms with E-state index in [1.807, 2.05) is 20.8 Å². The van der Waals surface area contributed by atoms with E-state index in [1.54, 1.807) is 12.3 Å². The van der Waals surface area contributed by atoms with Crippen LogP contribution in [-0.4, -0.2) is 15.6 Å². The van der Waals surface area contributed by atoms with Crippen molar-refractivity contribution >= 4 is 5.82 Å². The molecule has 0 amide bonds. The van der Waals surface area contributed by atoms with Crippen LogP contribution in [0.5, 0.6) is 6.01 Å². The number of nitrogens with two attached hydrogens (primary N) is 1. The van der Waals surface area contributed by atoms with E-state index in [1.165, 1.54) is 0 Å². The zero-order valence-electron chi connectivity index (χ0n) is 8.24. The summed E-state index contributed by atoms with van der Waals surface area (Å²) in [4.78, 5) is 7.91. The average Bonchev–Trinajstić information content (AvgIpc) is 2.03. The highest BCUT2D eigenvalue weighted by atomic mass is 16.5. The fourth-order valence-corrected chi connectivity index (χ4v) is 0.722. The zero-order chi connectivity index (χ0) is 9.90. The third kappa shape index (κ3) is 2.89. The molecule has 1 aromatic rings. The lowest BCUT2D eigenvalue weighted by Gasteiger charge is -2.22. The van der Waals surface area contributed by atoms with Crippen LogP contribution in [0.2, 0.25) is 0 Å². The maximum absolute atomic E-state index is 5.53. The molecule has 0 bridgehead atoms. The SMILES string of the molecule is CCC(C)(C)Oc1nccc(N)n1. The first-order chi connectivity index (χ1) is 6.03. The van der Waals surface area contributed by atoms with Crippen LogP contribution < -0.4 is 10.5 Å². The second kappa shape index (κ2) is 3.60. The van der Waals surface area contributed by atoms with Gasteiger partial charge in [0.2, 0.25) is 0 Å². The van der Waals surface area contributed by atoms with E-state index in [0.717, 1.165) is 6.42 Å². The molecule has 0 atom stereocenters. The van der Waals surface area contributed by atoms with Gasteiger partial charge in [0.25, 0.3) is 0 Å². The minimum Gasteiger partial charge on any atom is -0.457 e. The molecule has 0 unspecified atom stereocenters. The lowest BCUT2D eigenvalue weighted by molar-refractivity contribution is 0.0927. The van der Waals surface area contributed by atoms with Crippen LogP contribution in [0.15, 0.2) is 12.3 Å². The van der Waals surface area contributed by atoms with E-state index in [0.29, 0.717) is 11.8 Å². The van der Waals surface area contributed by atoms with Crippen LogP contribution in [0.25, 0.3) is 0 Å². The van der Waals surface area contributed by atoms with E-state index < -0.39 is 0 Å². The molecule has 0 aliphatic heterocycles. The summed E-state index contributed by atoms with van der Waals surface area (Å²) in [7, 11) is 0. The maximum Gasteiger partial charge on any atom is 0.318 e. The van der Waals surface area contributed by atoms with Gasteiger partial charge in [-0.3, -0.25) is 0 Å². The van der Waals surface area contributed by atoms with E-state index >= 15 is 0 Å². The van der Waals surface area contributed by atoms with Gasteiger partial charge < -0.3 is 10.5 Å². The fourth-order valence-electron chi connectivity index (χ4n) is 0.722. The fraction of sp³-hybridized carbons (Fsp3) is 0.556. The normalized spacial score (nSPS) is 11.3. The predicted molar refractivity (Wildman–Crippen MR) is 51.4 cm³/mol. The topological polar surface area (TPSA) is 61.0 Å². The molecule has 72 valence electrons. The number of hydrogen-bond donors (Lipinski definition) is 1. The first-order valence-electron chi connectivity index (χ1n) is 4.31. The smallest absolute Gasteiger partial charge is 0.318 e. The molecule has 0 spiro atoms. The van der Waals surface area contributed by atoms with Gasteiger partial charge in [-0.05, 0) is 26.3 Å². The molecule has 4 heteroatoms. The maximum atomic E-state index is 5.53. The molecule has 1 rings (SSSR count). The highest BCUT2D eigenvalue weighted by Gasteiger charge is 2.18. The highest BCUT2D eigenvalue weighted by Crippen LogP contribution is 2.16. The highest BCUT2D eigenvalue weighted by molar-refractivity contribution is 5.26. The summed E-state index contributed by atoms with van der Waals surface area (Å²) < 4.78 is 5.53. The second-order valence-corrected chi connectivity index (χ2v) is 3.48. The van der Waals surface area contributed by atoms with Crippen molar-refractivity contribution in [3.8, 4) is 6.01 Å². The molecule has 0 radical (unpaired) electrons. The van der Waals surface area contributed by atoms with Crippen molar-refractivity contribution in [2.45, 2.75) is 32.8 Å². The predicted octanol–water partition coefficient (Wildman–Crippen LogP) is 1.63. The van der Waals surface area contributed by atoms with Crippen LogP contribution in [0.3, 0.4) is 0 Å². The summed E-state index contributed by atoms with van der Waals surface area (Å²) in [5.74, 6) is 0.428. The molecule has 1 heterocycles. The Bertz CT molecular complexity index is 286. The molecule has 4 nitrogen and oxygen atoms in total. The molecule has 0 aromatic carbocycles. The van der Waals surface area contributed by atoms with E-state index in [2.05, 4.69) is 9.97 Å². The Labute approximate surface area is 78.1 Å². The van der Waals surface area contributed by atoms with Gasteiger partial charge >= 0.3 is 6.01 Å². The Morgan fingerprint density at radius 2 is 2.23 bits per heavy atom. The van der Waals surface area contributed by atoms with Gasteiger partial charge in [0.15, 0.2) is 0 Å². The Morgan fingerprint density at radius 3 is 2.77 bits per heavy atom. The second-order valence-electron chi connectivity index (χ2n) is 3.48. The van der Waals surface area contributed by atoms with Crippen LogP contribution in [0.1, 0.15) is 27.2 Å². The van der Waals surface area contributed by atoms with Crippen molar-refractivity contribution in [3.63, 3.8) is 0 Å². The molecule has 0 aliphatic rings. The minimum atomic E-state index is -0.242. The third-order valence-electron chi connectivity index (χ3n) is 1.87. The Kier molecular flexibility index (Phi) is 2.70. The largest absolute Gasteiger partial charge is 0.457 e. The van der Waals surface area contributed by atoms with Gasteiger partial charge in [-0.25, -0.2) is 4.98 Å². The van der Waals surface area contributed by atoms with Crippen molar-refractivity contribution in [3.05, 3.63) is 12.3 Å². The number of ether oxygens (including phenoxy) is 1. The quantitative estimate of drug-likeness (QED) is 0.769. The molecule has 0 fully saturated rings. The van der Waals surface area contributed by atoms with Gasteiger partial charge in [-0.1, -0.05) is 6.92 Å². The van der Waals surface area contributed by atoms with Crippen molar-refractivity contribution in [2.24, 2.45) is 0 Å². The summed E-state index contributed by atoms with van der Waals surface area (Å²) in [6.45, 7) is 6.02. The van der Waals surface area contributed by atoms with Gasteiger partial charge in [-0.15, -0.1) is 0 Å². The first kappa shape index (κ1) is 9.77. The molecular weight excluding hydrogens is 166 g/mol. The molecule has 0 saturated heterocycles. The Hall–Kier alpha value is -1.32. The number of hydrogen-bond acceptors (Lipinski definition) is 4. The van der Waals surface area contributed by atoms with Crippen molar-refractivity contribution in [1.29, 1.82) is 0 Å². The summed E-state index contributed by atoms with van der Waals surface area (Å²) in [5, 5.41) is 0. The lowest BCUT2D eigenvalue weighted by atomic mass is 10.1. The van der Waals surface area contributed by atoms with Crippen LogP contribution >= 0.6 is 0 Å². The van der Waals surface area contributed by atoms with Gasteiger partial charge in [-0.2, -0.15) is 4.98 Å². The molecule has 1 aromatic heterocycles. The monoisotopic (exact) mass is 181 g/mol. The number of rotatable bonds is 3.